The van der Waals surface area contributed by atoms with E-state index in [4.69, 9.17) is 9.47 Å². The smallest absolute Gasteiger partial charge is 0.313 e. The fourth-order valence-corrected chi connectivity index (χ4v) is 2.28. The van der Waals surface area contributed by atoms with Gasteiger partial charge in [-0.05, 0) is 48.4 Å². The van der Waals surface area contributed by atoms with Crippen molar-refractivity contribution in [2.24, 2.45) is 0 Å². The lowest BCUT2D eigenvalue weighted by Crippen LogP contribution is -2.35. The molecule has 2 aromatic carbocycles. The minimum Gasteiger partial charge on any atom is -0.508 e. The van der Waals surface area contributed by atoms with Gasteiger partial charge in [-0.25, -0.2) is 0 Å². The molecular formula is C17H16N2O5. The van der Waals surface area contributed by atoms with Crippen LogP contribution in [0.25, 0.3) is 0 Å². The Morgan fingerprint density at radius 1 is 1.08 bits per heavy atom. The van der Waals surface area contributed by atoms with Gasteiger partial charge >= 0.3 is 11.8 Å². The Bertz CT molecular complexity index is 804. The van der Waals surface area contributed by atoms with E-state index >= 15 is 0 Å². The third-order valence-corrected chi connectivity index (χ3v) is 3.55. The maximum atomic E-state index is 11.9. The lowest BCUT2D eigenvalue weighted by Gasteiger charge is -2.09. The highest BCUT2D eigenvalue weighted by molar-refractivity contribution is 6.39. The normalized spacial score (nSPS) is 11.9. The van der Waals surface area contributed by atoms with E-state index in [2.05, 4.69) is 10.6 Å². The quantitative estimate of drug-likeness (QED) is 0.588. The first-order valence-corrected chi connectivity index (χ1v) is 7.30. The predicted molar refractivity (Wildman–Crippen MR) is 85.9 cm³/mol. The highest BCUT2D eigenvalue weighted by Crippen LogP contribution is 2.32. The van der Waals surface area contributed by atoms with Crippen molar-refractivity contribution in [3.05, 3.63) is 47.5 Å². The van der Waals surface area contributed by atoms with Gasteiger partial charge in [0, 0.05) is 12.2 Å². The van der Waals surface area contributed by atoms with Crippen molar-refractivity contribution in [1.29, 1.82) is 0 Å². The number of ether oxygens (including phenoxy) is 2. The summed E-state index contributed by atoms with van der Waals surface area (Å²) in [6.45, 7) is 2.09. The number of aryl methyl sites for hydroxylation is 1. The van der Waals surface area contributed by atoms with E-state index in [-0.39, 0.29) is 19.1 Å². The van der Waals surface area contributed by atoms with Crippen LogP contribution in [-0.2, 0) is 16.1 Å². The molecule has 0 atom stereocenters. The van der Waals surface area contributed by atoms with Crippen molar-refractivity contribution in [3.63, 3.8) is 0 Å². The van der Waals surface area contributed by atoms with E-state index in [0.29, 0.717) is 22.7 Å². The van der Waals surface area contributed by atoms with Crippen molar-refractivity contribution >= 4 is 17.5 Å². The van der Waals surface area contributed by atoms with Gasteiger partial charge in [0.2, 0.25) is 6.79 Å². The summed E-state index contributed by atoms with van der Waals surface area (Å²) in [4.78, 5) is 23.8. The van der Waals surface area contributed by atoms with Crippen LogP contribution in [-0.4, -0.2) is 23.7 Å². The number of phenolic OH excluding ortho intramolecular Hbond substituents is 1. The maximum absolute atomic E-state index is 11.9. The van der Waals surface area contributed by atoms with Gasteiger partial charge in [-0.15, -0.1) is 0 Å². The topological polar surface area (TPSA) is 96.9 Å². The number of fused-ring (bicyclic) bond motifs is 1. The first-order valence-electron chi connectivity index (χ1n) is 7.30. The second-order valence-electron chi connectivity index (χ2n) is 5.32. The van der Waals surface area contributed by atoms with Crippen molar-refractivity contribution < 1.29 is 24.2 Å². The molecule has 2 aromatic rings. The molecule has 0 fully saturated rings. The van der Waals surface area contributed by atoms with Crippen LogP contribution in [0.1, 0.15) is 11.1 Å². The van der Waals surface area contributed by atoms with Gasteiger partial charge in [0.25, 0.3) is 0 Å². The van der Waals surface area contributed by atoms with Gasteiger partial charge in [0.1, 0.15) is 5.75 Å². The summed E-state index contributed by atoms with van der Waals surface area (Å²) in [7, 11) is 0. The number of carbonyl (C=O) groups is 2. The zero-order valence-corrected chi connectivity index (χ0v) is 13.0. The molecule has 0 bridgehead atoms. The molecule has 0 aliphatic carbocycles. The van der Waals surface area contributed by atoms with Crippen LogP contribution in [0.5, 0.6) is 17.2 Å². The molecule has 1 aliphatic heterocycles. The van der Waals surface area contributed by atoms with Gasteiger partial charge in [-0.3, -0.25) is 9.59 Å². The van der Waals surface area contributed by atoms with Crippen molar-refractivity contribution in [1.82, 2.24) is 5.32 Å². The van der Waals surface area contributed by atoms with Crippen LogP contribution < -0.4 is 20.1 Å². The summed E-state index contributed by atoms with van der Waals surface area (Å²) in [6, 6.07) is 9.77. The number of hydrogen-bond acceptors (Lipinski definition) is 5. The monoisotopic (exact) mass is 328 g/mol. The second kappa shape index (κ2) is 6.49. The number of hydrogen-bond donors (Lipinski definition) is 3. The van der Waals surface area contributed by atoms with E-state index < -0.39 is 11.8 Å². The molecule has 0 unspecified atom stereocenters. The average Bonchev–Trinajstić information content (AvgIpc) is 3.02. The SMILES string of the molecule is Cc1cc(O)ccc1NC(=O)C(=O)NCc1ccc2c(c1)OCO2. The Kier molecular flexibility index (Phi) is 4.24. The first-order chi connectivity index (χ1) is 11.5. The third-order valence-electron chi connectivity index (χ3n) is 3.55. The van der Waals surface area contributed by atoms with Gasteiger partial charge in [0.15, 0.2) is 11.5 Å². The van der Waals surface area contributed by atoms with Crippen molar-refractivity contribution in [3.8, 4) is 17.2 Å². The van der Waals surface area contributed by atoms with Gasteiger partial charge in [0.05, 0.1) is 0 Å². The lowest BCUT2D eigenvalue weighted by molar-refractivity contribution is -0.136. The molecule has 7 nitrogen and oxygen atoms in total. The van der Waals surface area contributed by atoms with Crippen LogP contribution in [0.3, 0.4) is 0 Å². The van der Waals surface area contributed by atoms with Crippen LogP contribution in [0.4, 0.5) is 5.69 Å². The van der Waals surface area contributed by atoms with E-state index in [1.807, 2.05) is 0 Å². The summed E-state index contributed by atoms with van der Waals surface area (Å²) in [5, 5.41) is 14.4. The number of phenols is 1. The molecule has 2 amide bonds. The van der Waals surface area contributed by atoms with Crippen molar-refractivity contribution in [2.45, 2.75) is 13.5 Å². The summed E-state index contributed by atoms with van der Waals surface area (Å²) in [6.07, 6.45) is 0. The summed E-state index contributed by atoms with van der Waals surface area (Å²) >= 11 is 0. The summed E-state index contributed by atoms with van der Waals surface area (Å²) < 4.78 is 10.5. The highest BCUT2D eigenvalue weighted by Gasteiger charge is 2.16. The molecule has 0 saturated carbocycles. The Labute approximate surface area is 138 Å². The van der Waals surface area contributed by atoms with Gasteiger partial charge in [-0.1, -0.05) is 6.07 Å². The average molecular weight is 328 g/mol. The predicted octanol–water partition coefficient (Wildman–Crippen LogP) is 1.68. The molecule has 0 saturated heterocycles. The third kappa shape index (κ3) is 3.40. The van der Waals surface area contributed by atoms with E-state index in [9.17, 15) is 14.7 Å². The molecular weight excluding hydrogens is 312 g/mol. The Balaban J connectivity index is 1.57. The largest absolute Gasteiger partial charge is 0.508 e. The van der Waals surface area contributed by atoms with Crippen LogP contribution in [0.15, 0.2) is 36.4 Å². The standard InChI is InChI=1S/C17H16N2O5/c1-10-6-12(20)3-4-13(10)19-17(22)16(21)18-8-11-2-5-14-15(7-11)24-9-23-14/h2-7,20H,8-9H2,1H3,(H,18,21)(H,19,22). The van der Waals surface area contributed by atoms with Gasteiger partial charge in [-0.2, -0.15) is 0 Å². The molecule has 0 spiro atoms. The fraction of sp³-hybridized carbons (Fsp3) is 0.176. The minimum absolute atomic E-state index is 0.0951. The number of nitrogens with one attached hydrogen (secondary N) is 2. The number of carbonyl (C=O) groups excluding carboxylic acids is 2. The first kappa shape index (κ1) is 15.7. The van der Waals surface area contributed by atoms with E-state index in [1.54, 1.807) is 25.1 Å². The molecule has 0 radical (unpaired) electrons. The Hall–Kier alpha value is -3.22. The molecule has 1 heterocycles. The zero-order valence-electron chi connectivity index (χ0n) is 13.0. The van der Waals surface area contributed by atoms with Crippen LogP contribution in [0.2, 0.25) is 0 Å². The molecule has 24 heavy (non-hydrogen) atoms. The lowest BCUT2D eigenvalue weighted by atomic mass is 10.2. The molecule has 3 rings (SSSR count). The zero-order chi connectivity index (χ0) is 17.1. The number of aromatic hydroxyl groups is 1. The molecule has 1 aliphatic rings. The maximum Gasteiger partial charge on any atom is 0.313 e. The second-order valence-corrected chi connectivity index (χ2v) is 5.32. The Morgan fingerprint density at radius 3 is 2.67 bits per heavy atom. The summed E-state index contributed by atoms with van der Waals surface area (Å²) in [5.41, 5.74) is 1.92. The van der Waals surface area contributed by atoms with Crippen LogP contribution >= 0.6 is 0 Å². The highest BCUT2D eigenvalue weighted by atomic mass is 16.7. The van der Waals surface area contributed by atoms with Gasteiger partial charge < -0.3 is 25.2 Å². The molecule has 0 aromatic heterocycles. The molecule has 124 valence electrons. The van der Waals surface area contributed by atoms with E-state index in [0.717, 1.165) is 5.56 Å². The van der Waals surface area contributed by atoms with Crippen molar-refractivity contribution in [2.75, 3.05) is 12.1 Å². The molecule has 7 heteroatoms. The fourth-order valence-electron chi connectivity index (χ4n) is 2.28. The summed E-state index contributed by atoms with van der Waals surface area (Å²) in [5.74, 6) is -0.154. The number of anilines is 1. The number of benzene rings is 2. The number of rotatable bonds is 3. The number of amides is 2. The van der Waals surface area contributed by atoms with E-state index in [1.165, 1.54) is 18.2 Å². The Morgan fingerprint density at radius 2 is 1.88 bits per heavy atom. The molecule has 3 N–H and O–H groups in total. The minimum atomic E-state index is -0.774. The van der Waals surface area contributed by atoms with Crippen LogP contribution in [0, 0.1) is 6.92 Å².